The van der Waals surface area contributed by atoms with Crippen LogP contribution in [0, 0.1) is 0 Å². The third kappa shape index (κ3) is 2.58. The minimum atomic E-state index is 0.587. The summed E-state index contributed by atoms with van der Waals surface area (Å²) >= 11 is 0. The lowest BCUT2D eigenvalue weighted by Crippen LogP contribution is -2.61. The summed E-state index contributed by atoms with van der Waals surface area (Å²) in [6, 6.07) is 2.09. The zero-order valence-corrected chi connectivity index (χ0v) is 10.9. The fourth-order valence-electron chi connectivity index (χ4n) is 3.28. The van der Waals surface area contributed by atoms with Crippen LogP contribution in [0.4, 0.5) is 0 Å². The minimum absolute atomic E-state index is 0.587. The zero-order valence-electron chi connectivity index (χ0n) is 10.9. The molecule has 0 spiro atoms. The molecule has 0 aromatic rings. The third-order valence-corrected chi connectivity index (χ3v) is 4.51. The molecule has 3 nitrogen and oxygen atoms in total. The van der Waals surface area contributed by atoms with Gasteiger partial charge in [-0.25, -0.2) is 0 Å². The highest BCUT2D eigenvalue weighted by Crippen LogP contribution is 2.26. The monoisotopic (exact) mass is 225 g/mol. The standard InChI is InChI=1S/C13H27N3/c1-11-9-16(12-6-4-3-5-7-12)13(8-14)10-15(11)2/h11-13H,3-10,14H2,1-2H3. The molecule has 2 unspecified atom stereocenters. The Kier molecular flexibility index (Phi) is 4.22. The first-order valence-electron chi connectivity index (χ1n) is 6.88. The van der Waals surface area contributed by atoms with Crippen molar-refractivity contribution in [2.75, 3.05) is 26.7 Å². The predicted octanol–water partition coefficient (Wildman–Crippen LogP) is 1.28. The van der Waals surface area contributed by atoms with Gasteiger partial charge >= 0.3 is 0 Å². The van der Waals surface area contributed by atoms with Crippen molar-refractivity contribution in [3.05, 3.63) is 0 Å². The molecule has 2 fully saturated rings. The number of hydrogen-bond donors (Lipinski definition) is 1. The van der Waals surface area contributed by atoms with E-state index in [-0.39, 0.29) is 0 Å². The summed E-state index contributed by atoms with van der Waals surface area (Å²) in [4.78, 5) is 5.17. The van der Waals surface area contributed by atoms with Gasteiger partial charge in [0.2, 0.25) is 0 Å². The van der Waals surface area contributed by atoms with E-state index in [2.05, 4.69) is 23.8 Å². The summed E-state index contributed by atoms with van der Waals surface area (Å²) in [5.74, 6) is 0. The average Bonchev–Trinajstić information content (AvgIpc) is 2.33. The molecule has 2 aliphatic rings. The van der Waals surface area contributed by atoms with Gasteiger partial charge in [0, 0.05) is 37.8 Å². The highest BCUT2D eigenvalue weighted by atomic mass is 15.3. The Morgan fingerprint density at radius 3 is 2.44 bits per heavy atom. The van der Waals surface area contributed by atoms with Gasteiger partial charge < -0.3 is 10.6 Å². The summed E-state index contributed by atoms with van der Waals surface area (Å²) in [6.45, 7) is 5.51. The number of rotatable bonds is 2. The van der Waals surface area contributed by atoms with Crippen LogP contribution in [-0.2, 0) is 0 Å². The second-order valence-electron chi connectivity index (χ2n) is 5.67. The van der Waals surface area contributed by atoms with Crippen molar-refractivity contribution in [1.29, 1.82) is 0 Å². The fourth-order valence-corrected chi connectivity index (χ4v) is 3.28. The number of hydrogen-bond acceptors (Lipinski definition) is 3. The molecule has 3 heteroatoms. The summed E-state index contributed by atoms with van der Waals surface area (Å²) in [6.07, 6.45) is 7.07. The third-order valence-electron chi connectivity index (χ3n) is 4.51. The Morgan fingerprint density at radius 1 is 1.12 bits per heavy atom. The Morgan fingerprint density at radius 2 is 1.81 bits per heavy atom. The molecule has 2 N–H and O–H groups in total. The highest BCUT2D eigenvalue weighted by molar-refractivity contribution is 4.90. The van der Waals surface area contributed by atoms with Gasteiger partial charge in [0.05, 0.1) is 0 Å². The number of piperazine rings is 1. The molecule has 1 saturated carbocycles. The van der Waals surface area contributed by atoms with E-state index in [1.54, 1.807) is 0 Å². The molecule has 0 aromatic carbocycles. The highest BCUT2D eigenvalue weighted by Gasteiger charge is 2.33. The molecule has 2 atom stereocenters. The van der Waals surface area contributed by atoms with Gasteiger partial charge in [0.15, 0.2) is 0 Å². The summed E-state index contributed by atoms with van der Waals surface area (Å²) < 4.78 is 0. The van der Waals surface area contributed by atoms with Crippen molar-refractivity contribution < 1.29 is 0 Å². The number of nitrogens with zero attached hydrogens (tertiary/aromatic N) is 2. The van der Waals surface area contributed by atoms with Crippen LogP contribution in [0.1, 0.15) is 39.0 Å². The molecule has 0 amide bonds. The van der Waals surface area contributed by atoms with E-state index >= 15 is 0 Å². The molecular weight excluding hydrogens is 198 g/mol. The molecule has 1 aliphatic carbocycles. The zero-order chi connectivity index (χ0) is 11.5. The first-order valence-corrected chi connectivity index (χ1v) is 6.88. The van der Waals surface area contributed by atoms with E-state index in [4.69, 9.17) is 5.73 Å². The van der Waals surface area contributed by atoms with E-state index in [0.717, 1.165) is 19.1 Å². The van der Waals surface area contributed by atoms with Gasteiger partial charge in [-0.3, -0.25) is 4.90 Å². The van der Waals surface area contributed by atoms with Crippen LogP contribution in [0.5, 0.6) is 0 Å². The van der Waals surface area contributed by atoms with Gasteiger partial charge in [0.1, 0.15) is 0 Å². The van der Waals surface area contributed by atoms with Crippen LogP contribution in [0.2, 0.25) is 0 Å². The lowest BCUT2D eigenvalue weighted by Gasteiger charge is -2.48. The number of nitrogens with two attached hydrogens (primary N) is 1. The maximum Gasteiger partial charge on any atom is 0.0349 e. The molecule has 0 aromatic heterocycles. The molecule has 94 valence electrons. The average molecular weight is 225 g/mol. The molecular formula is C13H27N3. The van der Waals surface area contributed by atoms with Crippen molar-refractivity contribution in [1.82, 2.24) is 9.80 Å². The van der Waals surface area contributed by atoms with Crippen LogP contribution in [-0.4, -0.2) is 54.6 Å². The quantitative estimate of drug-likeness (QED) is 0.768. The Labute approximate surface area is 100.0 Å². The fraction of sp³-hybridized carbons (Fsp3) is 1.00. The smallest absolute Gasteiger partial charge is 0.0349 e. The summed E-state index contributed by atoms with van der Waals surface area (Å²) in [5, 5.41) is 0. The first kappa shape index (κ1) is 12.3. The van der Waals surface area contributed by atoms with Gasteiger partial charge in [-0.1, -0.05) is 19.3 Å². The normalized spacial score (nSPS) is 35.4. The first-order chi connectivity index (χ1) is 7.72. The van der Waals surface area contributed by atoms with Crippen molar-refractivity contribution in [3.8, 4) is 0 Å². The Hall–Kier alpha value is -0.120. The minimum Gasteiger partial charge on any atom is -0.329 e. The van der Waals surface area contributed by atoms with E-state index in [1.807, 2.05) is 0 Å². The molecule has 2 rings (SSSR count). The van der Waals surface area contributed by atoms with Gasteiger partial charge in [-0.15, -0.1) is 0 Å². The van der Waals surface area contributed by atoms with E-state index in [1.165, 1.54) is 38.6 Å². The van der Waals surface area contributed by atoms with E-state index in [0.29, 0.717) is 12.1 Å². The topological polar surface area (TPSA) is 32.5 Å². The van der Waals surface area contributed by atoms with Crippen LogP contribution < -0.4 is 5.73 Å². The van der Waals surface area contributed by atoms with Crippen LogP contribution in [0.3, 0.4) is 0 Å². The maximum absolute atomic E-state index is 5.94. The summed E-state index contributed by atoms with van der Waals surface area (Å²) in [5.41, 5.74) is 5.94. The van der Waals surface area contributed by atoms with Crippen molar-refractivity contribution in [3.63, 3.8) is 0 Å². The molecule has 1 aliphatic heterocycles. The lowest BCUT2D eigenvalue weighted by atomic mass is 9.91. The van der Waals surface area contributed by atoms with Gasteiger partial charge in [-0.2, -0.15) is 0 Å². The summed E-state index contributed by atoms with van der Waals surface area (Å²) in [7, 11) is 2.23. The van der Waals surface area contributed by atoms with Gasteiger partial charge in [0.25, 0.3) is 0 Å². The SMILES string of the molecule is CC1CN(C2CCCCC2)C(CN)CN1C. The molecule has 0 radical (unpaired) electrons. The lowest BCUT2D eigenvalue weighted by molar-refractivity contribution is 0.0125. The van der Waals surface area contributed by atoms with Crippen LogP contribution >= 0.6 is 0 Å². The van der Waals surface area contributed by atoms with E-state index < -0.39 is 0 Å². The molecule has 16 heavy (non-hydrogen) atoms. The van der Waals surface area contributed by atoms with Crippen molar-refractivity contribution in [2.45, 2.75) is 57.2 Å². The Balaban J connectivity index is 1.99. The largest absolute Gasteiger partial charge is 0.329 e. The molecule has 0 bridgehead atoms. The van der Waals surface area contributed by atoms with Crippen molar-refractivity contribution in [2.24, 2.45) is 5.73 Å². The van der Waals surface area contributed by atoms with Gasteiger partial charge in [-0.05, 0) is 26.8 Å². The second kappa shape index (κ2) is 5.48. The van der Waals surface area contributed by atoms with Crippen molar-refractivity contribution >= 4 is 0 Å². The second-order valence-corrected chi connectivity index (χ2v) is 5.67. The molecule has 1 saturated heterocycles. The van der Waals surface area contributed by atoms with Crippen LogP contribution in [0.15, 0.2) is 0 Å². The van der Waals surface area contributed by atoms with Crippen LogP contribution in [0.25, 0.3) is 0 Å². The predicted molar refractivity (Wildman–Crippen MR) is 68.5 cm³/mol. The van der Waals surface area contributed by atoms with E-state index in [9.17, 15) is 0 Å². The number of likely N-dealkylation sites (N-methyl/N-ethyl adjacent to an activating group) is 1. The maximum atomic E-state index is 5.94. The molecule has 1 heterocycles. The Bertz CT molecular complexity index is 211.